The molecular formula is C6H7N3S2. The van der Waals surface area contributed by atoms with E-state index in [2.05, 4.69) is 22.6 Å². The third kappa shape index (κ3) is 2.13. The molecule has 0 unspecified atom stereocenters. The topological polar surface area (TPSA) is 29.0 Å². The van der Waals surface area contributed by atoms with Gasteiger partial charge in [-0.25, -0.2) is 9.97 Å². The Morgan fingerprint density at radius 3 is 2.55 bits per heavy atom. The number of hydrogen-bond acceptors (Lipinski definition) is 3. The molecule has 0 spiro atoms. The van der Waals surface area contributed by atoms with E-state index in [0.717, 1.165) is 0 Å². The van der Waals surface area contributed by atoms with Crippen LogP contribution in [-0.4, -0.2) is 21.3 Å². The van der Waals surface area contributed by atoms with Crippen LogP contribution < -0.4 is 4.90 Å². The molecule has 1 aromatic rings. The molecule has 1 rings (SSSR count). The molecule has 0 saturated heterocycles. The molecule has 0 aromatic carbocycles. The Bertz CT molecular complexity index is 249. The molecule has 0 bridgehead atoms. The minimum Gasteiger partial charge on any atom is -0.299 e. The van der Waals surface area contributed by atoms with E-state index in [9.17, 15) is 0 Å². The average molecular weight is 185 g/mol. The summed E-state index contributed by atoms with van der Waals surface area (Å²) >= 11 is 8.79. The zero-order valence-electron chi connectivity index (χ0n) is 5.93. The highest BCUT2D eigenvalue weighted by atomic mass is 32.1. The van der Waals surface area contributed by atoms with Crippen molar-refractivity contribution in [1.29, 1.82) is 0 Å². The lowest BCUT2D eigenvalue weighted by Crippen LogP contribution is -2.21. The van der Waals surface area contributed by atoms with E-state index in [1.807, 2.05) is 0 Å². The van der Waals surface area contributed by atoms with Crippen molar-refractivity contribution >= 4 is 35.1 Å². The van der Waals surface area contributed by atoms with Gasteiger partial charge >= 0.3 is 0 Å². The fourth-order valence-electron chi connectivity index (χ4n) is 0.550. The molecule has 0 radical (unpaired) electrons. The van der Waals surface area contributed by atoms with Gasteiger partial charge in [0.15, 0.2) is 0 Å². The molecule has 0 aliphatic heterocycles. The number of thiocarbonyl (C=S) groups is 1. The third-order valence-electron chi connectivity index (χ3n) is 1.14. The van der Waals surface area contributed by atoms with Crippen LogP contribution in [0.25, 0.3) is 0 Å². The summed E-state index contributed by atoms with van der Waals surface area (Å²) in [5, 5.41) is 0. The Labute approximate surface area is 75.9 Å². The molecule has 0 fully saturated rings. The van der Waals surface area contributed by atoms with E-state index in [1.54, 1.807) is 30.4 Å². The third-order valence-corrected chi connectivity index (χ3v) is 1.71. The van der Waals surface area contributed by atoms with Crippen molar-refractivity contribution in [3.63, 3.8) is 0 Å². The van der Waals surface area contributed by atoms with E-state index < -0.39 is 0 Å². The molecule has 0 amide bonds. The number of rotatable bonds is 1. The first-order valence-electron chi connectivity index (χ1n) is 2.95. The summed E-state index contributed by atoms with van der Waals surface area (Å²) in [6.07, 6.45) is 3.32. The van der Waals surface area contributed by atoms with Gasteiger partial charge in [-0.1, -0.05) is 12.2 Å². The quantitative estimate of drug-likeness (QED) is 0.524. The van der Waals surface area contributed by atoms with Crippen LogP contribution >= 0.6 is 24.8 Å². The molecular weight excluding hydrogens is 178 g/mol. The molecule has 5 heteroatoms. The van der Waals surface area contributed by atoms with E-state index in [0.29, 0.717) is 10.3 Å². The standard InChI is InChI=1S/C6H7N3S2/c1-9(6(10)11)5-7-3-2-4-8-5/h2-4H,1H3,(H,10,11). The SMILES string of the molecule is CN(C(=S)S)c1ncccn1. The molecule has 0 aliphatic rings. The first-order valence-corrected chi connectivity index (χ1v) is 3.81. The molecule has 1 heterocycles. The van der Waals surface area contributed by atoms with Gasteiger partial charge in [0, 0.05) is 19.4 Å². The second-order valence-electron chi connectivity index (χ2n) is 1.89. The van der Waals surface area contributed by atoms with Crippen LogP contribution in [-0.2, 0) is 0 Å². The zero-order valence-corrected chi connectivity index (χ0v) is 7.64. The van der Waals surface area contributed by atoms with Crippen molar-refractivity contribution in [2.75, 3.05) is 11.9 Å². The smallest absolute Gasteiger partial charge is 0.230 e. The lowest BCUT2D eigenvalue weighted by atomic mass is 10.6. The number of aromatic nitrogens is 2. The van der Waals surface area contributed by atoms with Gasteiger partial charge in [0.25, 0.3) is 0 Å². The predicted octanol–water partition coefficient (Wildman–Crippen LogP) is 1.13. The molecule has 11 heavy (non-hydrogen) atoms. The number of hydrogen-bond donors (Lipinski definition) is 1. The lowest BCUT2D eigenvalue weighted by Gasteiger charge is -2.12. The maximum Gasteiger partial charge on any atom is 0.230 e. The summed E-state index contributed by atoms with van der Waals surface area (Å²) in [5.74, 6) is 0.563. The maximum atomic E-state index is 4.81. The van der Waals surface area contributed by atoms with Crippen molar-refractivity contribution in [1.82, 2.24) is 9.97 Å². The molecule has 0 atom stereocenters. The fourth-order valence-corrected chi connectivity index (χ4v) is 0.721. The van der Waals surface area contributed by atoms with Crippen LogP contribution in [0.3, 0.4) is 0 Å². The molecule has 0 N–H and O–H groups in total. The Morgan fingerprint density at radius 2 is 2.09 bits per heavy atom. The van der Waals surface area contributed by atoms with Gasteiger partial charge in [-0.15, -0.1) is 12.6 Å². The first kappa shape index (κ1) is 8.42. The Kier molecular flexibility index (Phi) is 2.78. The van der Waals surface area contributed by atoms with Crippen LogP contribution in [0, 0.1) is 0 Å². The summed E-state index contributed by atoms with van der Waals surface area (Å²) in [6.45, 7) is 0. The Morgan fingerprint density at radius 1 is 1.55 bits per heavy atom. The van der Waals surface area contributed by atoms with Crippen molar-refractivity contribution in [2.24, 2.45) is 0 Å². The fraction of sp³-hybridized carbons (Fsp3) is 0.167. The summed E-state index contributed by atoms with van der Waals surface area (Å²) in [7, 11) is 1.77. The van der Waals surface area contributed by atoms with Gasteiger partial charge < -0.3 is 0 Å². The summed E-state index contributed by atoms with van der Waals surface area (Å²) in [6, 6.07) is 1.75. The van der Waals surface area contributed by atoms with E-state index in [-0.39, 0.29) is 0 Å². The summed E-state index contributed by atoms with van der Waals surface area (Å²) in [4.78, 5) is 9.58. The highest BCUT2D eigenvalue weighted by Gasteiger charge is 2.03. The number of thiol groups is 1. The normalized spacial score (nSPS) is 9.27. The van der Waals surface area contributed by atoms with Gasteiger partial charge in [0.1, 0.15) is 4.32 Å². The minimum absolute atomic E-state index is 0.455. The zero-order chi connectivity index (χ0) is 8.27. The largest absolute Gasteiger partial charge is 0.299 e. The highest BCUT2D eigenvalue weighted by Crippen LogP contribution is 2.04. The van der Waals surface area contributed by atoms with Gasteiger partial charge in [-0.05, 0) is 6.07 Å². The van der Waals surface area contributed by atoms with Gasteiger partial charge in [0.2, 0.25) is 5.95 Å². The monoisotopic (exact) mass is 185 g/mol. The molecule has 0 aliphatic carbocycles. The number of nitrogens with zero attached hydrogens (tertiary/aromatic N) is 3. The van der Waals surface area contributed by atoms with Crippen LogP contribution in [0.1, 0.15) is 0 Å². The van der Waals surface area contributed by atoms with Crippen molar-refractivity contribution < 1.29 is 0 Å². The molecule has 3 nitrogen and oxygen atoms in total. The minimum atomic E-state index is 0.455. The van der Waals surface area contributed by atoms with Crippen molar-refractivity contribution in [3.8, 4) is 0 Å². The van der Waals surface area contributed by atoms with Gasteiger partial charge in [-0.2, -0.15) is 0 Å². The van der Waals surface area contributed by atoms with E-state index in [4.69, 9.17) is 12.2 Å². The second-order valence-corrected chi connectivity index (χ2v) is 3.00. The highest BCUT2D eigenvalue weighted by molar-refractivity contribution is 8.11. The Hall–Kier alpha value is -0.680. The van der Waals surface area contributed by atoms with E-state index in [1.165, 1.54) is 0 Å². The van der Waals surface area contributed by atoms with Crippen molar-refractivity contribution in [3.05, 3.63) is 18.5 Å². The predicted molar refractivity (Wildman–Crippen MR) is 52.0 cm³/mol. The molecule has 0 saturated carbocycles. The molecule has 58 valence electrons. The Balaban J connectivity index is 2.85. The van der Waals surface area contributed by atoms with Crippen LogP contribution in [0.15, 0.2) is 18.5 Å². The van der Waals surface area contributed by atoms with Crippen LogP contribution in [0.2, 0.25) is 0 Å². The second kappa shape index (κ2) is 3.64. The number of anilines is 1. The summed E-state index contributed by atoms with van der Waals surface area (Å²) in [5.41, 5.74) is 0. The lowest BCUT2D eigenvalue weighted by molar-refractivity contribution is 1.08. The maximum absolute atomic E-state index is 4.81. The van der Waals surface area contributed by atoms with Crippen LogP contribution in [0.5, 0.6) is 0 Å². The summed E-state index contributed by atoms with van der Waals surface area (Å²) < 4.78 is 0.455. The average Bonchev–Trinajstić information content (AvgIpc) is 2.05. The van der Waals surface area contributed by atoms with Crippen molar-refractivity contribution in [2.45, 2.75) is 0 Å². The first-order chi connectivity index (χ1) is 5.22. The van der Waals surface area contributed by atoms with Crippen LogP contribution in [0.4, 0.5) is 5.95 Å². The van der Waals surface area contributed by atoms with Gasteiger partial charge in [-0.3, -0.25) is 4.90 Å². The molecule has 1 aromatic heterocycles. The van der Waals surface area contributed by atoms with Gasteiger partial charge in [0.05, 0.1) is 0 Å². The van der Waals surface area contributed by atoms with E-state index >= 15 is 0 Å².